The zero-order valence-corrected chi connectivity index (χ0v) is 6.84. The Hall–Kier alpha value is -0.830. The number of pyridine rings is 1. The molecule has 0 amide bonds. The average Bonchev–Trinajstić information content (AvgIpc) is 1.99. The van der Waals surface area contributed by atoms with E-state index >= 15 is 0 Å². The van der Waals surface area contributed by atoms with Crippen LogP contribution < -0.4 is 0 Å². The lowest BCUT2D eigenvalue weighted by atomic mass is 10.4. The molecule has 0 aromatic carbocycles. The topological polar surface area (TPSA) is 25.2 Å². The molecule has 1 aliphatic rings. The van der Waals surface area contributed by atoms with Crippen molar-refractivity contribution in [2.75, 3.05) is 5.75 Å². The minimum Gasteiger partial charge on any atom is -0.237 e. The van der Waals surface area contributed by atoms with Crippen molar-refractivity contribution < 1.29 is 0 Å². The molecule has 0 atom stereocenters. The molecule has 0 saturated carbocycles. The maximum absolute atomic E-state index is 4.33. The molecular formula is C8H8N2S. The summed E-state index contributed by atoms with van der Waals surface area (Å²) in [6.45, 7) is 0. The van der Waals surface area contributed by atoms with Gasteiger partial charge in [-0.3, -0.25) is 0 Å². The van der Waals surface area contributed by atoms with Crippen LogP contribution >= 0.6 is 11.8 Å². The number of rotatable bonds is 1. The summed E-state index contributed by atoms with van der Waals surface area (Å²) in [4.78, 5) is 8.43. The van der Waals surface area contributed by atoms with Gasteiger partial charge in [-0.25, -0.2) is 9.98 Å². The lowest BCUT2D eigenvalue weighted by Crippen LogP contribution is -2.06. The summed E-state index contributed by atoms with van der Waals surface area (Å²) in [6, 6.07) is 5.78. The van der Waals surface area contributed by atoms with Gasteiger partial charge >= 0.3 is 0 Å². The summed E-state index contributed by atoms with van der Waals surface area (Å²) in [6.07, 6.45) is 2.89. The Bertz CT molecular complexity index is 263. The molecule has 0 spiro atoms. The van der Waals surface area contributed by atoms with Crippen LogP contribution in [0.2, 0.25) is 0 Å². The molecule has 2 heterocycles. The highest BCUT2D eigenvalue weighted by Gasteiger charge is 2.10. The van der Waals surface area contributed by atoms with Gasteiger partial charge in [-0.05, 0) is 12.1 Å². The molecule has 2 rings (SSSR count). The molecule has 0 N–H and O–H groups in total. The molecule has 1 fully saturated rings. The minimum absolute atomic E-state index is 0.828. The molecular weight excluding hydrogens is 156 g/mol. The van der Waals surface area contributed by atoms with Crippen molar-refractivity contribution in [3.05, 3.63) is 24.4 Å². The number of nitrogens with zero attached hydrogens (tertiary/aromatic N) is 2. The SMILES string of the molecule is c1ccc(/N=C2/CCS2)nc1. The third kappa shape index (κ3) is 1.60. The number of aromatic nitrogens is 1. The van der Waals surface area contributed by atoms with E-state index < -0.39 is 0 Å². The molecule has 1 saturated heterocycles. The Balaban J connectivity index is 2.17. The molecule has 3 heteroatoms. The first-order valence-corrected chi connectivity index (χ1v) is 4.55. The van der Waals surface area contributed by atoms with E-state index in [2.05, 4.69) is 9.98 Å². The molecule has 1 aliphatic heterocycles. The number of thioether (sulfide) groups is 1. The zero-order valence-electron chi connectivity index (χ0n) is 6.03. The van der Waals surface area contributed by atoms with Crippen LogP contribution in [0.5, 0.6) is 0 Å². The molecule has 56 valence electrons. The highest BCUT2D eigenvalue weighted by Crippen LogP contribution is 2.23. The van der Waals surface area contributed by atoms with Gasteiger partial charge in [0.15, 0.2) is 5.82 Å². The van der Waals surface area contributed by atoms with E-state index in [1.807, 2.05) is 30.0 Å². The first-order chi connectivity index (χ1) is 5.45. The number of hydrogen-bond donors (Lipinski definition) is 0. The van der Waals surface area contributed by atoms with Gasteiger partial charge in [0, 0.05) is 18.4 Å². The normalized spacial score (nSPS) is 19.8. The molecule has 2 nitrogen and oxygen atoms in total. The molecule has 0 aliphatic carbocycles. The quantitative estimate of drug-likeness (QED) is 0.636. The smallest absolute Gasteiger partial charge is 0.152 e. The van der Waals surface area contributed by atoms with Gasteiger partial charge in [0.25, 0.3) is 0 Å². The van der Waals surface area contributed by atoms with Gasteiger partial charge in [-0.15, -0.1) is 11.8 Å². The Morgan fingerprint density at radius 1 is 1.45 bits per heavy atom. The fraction of sp³-hybridized carbons (Fsp3) is 0.250. The van der Waals surface area contributed by atoms with Gasteiger partial charge in [-0.2, -0.15) is 0 Å². The van der Waals surface area contributed by atoms with Gasteiger partial charge in [-0.1, -0.05) is 6.07 Å². The molecule has 1 aromatic heterocycles. The van der Waals surface area contributed by atoms with E-state index in [1.54, 1.807) is 6.20 Å². The average molecular weight is 164 g/mol. The summed E-state index contributed by atoms with van der Waals surface area (Å²) in [5.41, 5.74) is 0. The summed E-state index contributed by atoms with van der Waals surface area (Å²) in [7, 11) is 0. The Morgan fingerprint density at radius 2 is 2.36 bits per heavy atom. The Labute approximate surface area is 69.8 Å². The van der Waals surface area contributed by atoms with E-state index in [9.17, 15) is 0 Å². The van der Waals surface area contributed by atoms with Crippen LogP contribution in [-0.2, 0) is 0 Å². The van der Waals surface area contributed by atoms with E-state index in [4.69, 9.17) is 0 Å². The van der Waals surface area contributed by atoms with Gasteiger partial charge in [0.1, 0.15) is 0 Å². The van der Waals surface area contributed by atoms with E-state index in [0.29, 0.717) is 0 Å². The molecule has 1 aromatic rings. The predicted molar refractivity (Wildman–Crippen MR) is 48.4 cm³/mol. The Morgan fingerprint density at radius 3 is 2.91 bits per heavy atom. The number of hydrogen-bond acceptors (Lipinski definition) is 3. The maximum Gasteiger partial charge on any atom is 0.152 e. The van der Waals surface area contributed by atoms with Crippen molar-refractivity contribution in [1.29, 1.82) is 0 Å². The lowest BCUT2D eigenvalue weighted by Gasteiger charge is -2.12. The highest BCUT2D eigenvalue weighted by atomic mass is 32.2. The fourth-order valence-electron chi connectivity index (χ4n) is 0.829. The van der Waals surface area contributed by atoms with Gasteiger partial charge in [0.2, 0.25) is 0 Å². The van der Waals surface area contributed by atoms with Crippen LogP contribution in [0.1, 0.15) is 6.42 Å². The van der Waals surface area contributed by atoms with E-state index in [0.717, 1.165) is 12.2 Å². The number of aliphatic imine (C=N–C) groups is 1. The maximum atomic E-state index is 4.33. The summed E-state index contributed by atoms with van der Waals surface area (Å²) in [5, 5.41) is 1.21. The molecule has 0 bridgehead atoms. The van der Waals surface area contributed by atoms with Crippen molar-refractivity contribution in [2.24, 2.45) is 4.99 Å². The predicted octanol–water partition coefficient (Wildman–Crippen LogP) is 2.25. The lowest BCUT2D eigenvalue weighted by molar-refractivity contribution is 1.23. The highest BCUT2D eigenvalue weighted by molar-refractivity contribution is 8.15. The monoisotopic (exact) mass is 164 g/mol. The van der Waals surface area contributed by atoms with Crippen LogP contribution in [-0.4, -0.2) is 15.8 Å². The van der Waals surface area contributed by atoms with Crippen LogP contribution in [0.3, 0.4) is 0 Å². The second kappa shape index (κ2) is 3.05. The Kier molecular flexibility index (Phi) is 1.90. The fourth-order valence-corrected chi connectivity index (χ4v) is 1.37. The van der Waals surface area contributed by atoms with Crippen molar-refractivity contribution in [3.63, 3.8) is 0 Å². The second-order valence-electron chi connectivity index (χ2n) is 2.29. The first kappa shape index (κ1) is 6.85. The first-order valence-electron chi connectivity index (χ1n) is 3.56. The summed E-state index contributed by atoms with van der Waals surface area (Å²) in [5.74, 6) is 2.04. The van der Waals surface area contributed by atoms with Crippen LogP contribution in [0.4, 0.5) is 5.82 Å². The van der Waals surface area contributed by atoms with E-state index in [1.165, 1.54) is 10.8 Å². The molecule has 0 unspecified atom stereocenters. The van der Waals surface area contributed by atoms with Crippen molar-refractivity contribution in [3.8, 4) is 0 Å². The third-order valence-electron chi connectivity index (χ3n) is 1.47. The minimum atomic E-state index is 0.828. The van der Waals surface area contributed by atoms with Crippen molar-refractivity contribution in [2.45, 2.75) is 6.42 Å². The van der Waals surface area contributed by atoms with Gasteiger partial charge < -0.3 is 0 Å². The summed E-state index contributed by atoms with van der Waals surface area (Å²) < 4.78 is 0. The third-order valence-corrected chi connectivity index (χ3v) is 2.51. The molecule has 0 radical (unpaired) electrons. The van der Waals surface area contributed by atoms with Crippen LogP contribution in [0.25, 0.3) is 0 Å². The standard InChI is InChI=1S/C8H8N2S/c1-2-5-9-7(3-1)10-8-4-6-11-8/h1-3,5H,4,6H2/b10-8-. The largest absolute Gasteiger partial charge is 0.237 e. The van der Waals surface area contributed by atoms with Crippen LogP contribution in [0, 0.1) is 0 Å². The summed E-state index contributed by atoms with van der Waals surface area (Å²) >= 11 is 1.81. The molecule has 11 heavy (non-hydrogen) atoms. The zero-order chi connectivity index (χ0) is 7.52. The van der Waals surface area contributed by atoms with E-state index in [-0.39, 0.29) is 0 Å². The van der Waals surface area contributed by atoms with Crippen molar-refractivity contribution in [1.82, 2.24) is 4.98 Å². The van der Waals surface area contributed by atoms with Crippen LogP contribution in [0.15, 0.2) is 29.4 Å². The second-order valence-corrected chi connectivity index (χ2v) is 3.46. The van der Waals surface area contributed by atoms with Crippen molar-refractivity contribution >= 4 is 22.6 Å². The van der Waals surface area contributed by atoms with Gasteiger partial charge in [0.05, 0.1) is 5.04 Å².